The third-order valence-corrected chi connectivity index (χ3v) is 19.5. The molecule has 12 heteroatoms. The lowest BCUT2D eigenvalue weighted by Gasteiger charge is -2.52. The van der Waals surface area contributed by atoms with Crippen molar-refractivity contribution in [1.29, 1.82) is 0 Å². The molecule has 0 radical (unpaired) electrons. The van der Waals surface area contributed by atoms with Gasteiger partial charge in [0.25, 0.3) is 0 Å². The molecule has 1 amide bonds. The van der Waals surface area contributed by atoms with E-state index in [1.54, 1.807) is 0 Å². The van der Waals surface area contributed by atoms with Crippen molar-refractivity contribution in [3.8, 4) is 11.1 Å². The van der Waals surface area contributed by atoms with Gasteiger partial charge >= 0.3 is 12.1 Å². The van der Waals surface area contributed by atoms with Gasteiger partial charge in [0.15, 0.2) is 22.7 Å². The summed E-state index contributed by atoms with van der Waals surface area (Å²) in [4.78, 5) is 26.0. The number of aliphatic hydroxyl groups excluding tert-OH is 1. The number of aliphatic hydroxyl groups is 2. The Morgan fingerprint density at radius 1 is 0.822 bits per heavy atom. The second-order valence-electron chi connectivity index (χ2n) is 12.1. The highest BCUT2D eigenvalue weighted by atomic mass is 28.4. The van der Waals surface area contributed by atoms with Crippen LogP contribution in [0.5, 0.6) is 0 Å². The minimum atomic E-state index is -2.58. The molecule has 248 valence electrons. The van der Waals surface area contributed by atoms with E-state index in [1.165, 1.54) is 0 Å². The zero-order chi connectivity index (χ0) is 33.0. The Morgan fingerprint density at radius 3 is 1.76 bits per heavy atom. The first-order valence-electron chi connectivity index (χ1n) is 16.2. The highest BCUT2D eigenvalue weighted by Crippen LogP contribution is 2.45. The van der Waals surface area contributed by atoms with E-state index in [0.29, 0.717) is 36.3 Å². The Balaban J connectivity index is 1.67. The maximum absolute atomic E-state index is 13.5. The maximum Gasteiger partial charge on any atom is 0.409 e. The van der Waals surface area contributed by atoms with E-state index in [4.69, 9.17) is 18.3 Å². The highest BCUT2D eigenvalue weighted by molar-refractivity contribution is 6.74. The van der Waals surface area contributed by atoms with Crippen LogP contribution in [0.15, 0.2) is 48.5 Å². The van der Waals surface area contributed by atoms with Crippen LogP contribution in [0.2, 0.25) is 36.3 Å². The molecule has 1 saturated heterocycles. The Hall–Kier alpha value is -2.59. The maximum atomic E-state index is 13.5. The third kappa shape index (κ3) is 6.78. The monoisotopic (exact) mass is 659 g/mol. The number of rotatable bonds is 14. The summed E-state index contributed by atoms with van der Waals surface area (Å²) < 4.78 is 24.7. The molecule has 0 spiro atoms. The number of hydrogen-bond donors (Lipinski definition) is 4. The average Bonchev–Trinajstić information content (AvgIpc) is 3.37. The molecule has 10 nitrogen and oxygen atoms in total. The van der Waals surface area contributed by atoms with Gasteiger partial charge in [0.1, 0.15) is 18.8 Å². The van der Waals surface area contributed by atoms with E-state index in [0.717, 1.165) is 22.3 Å². The van der Waals surface area contributed by atoms with Crippen molar-refractivity contribution in [3.05, 3.63) is 59.7 Å². The number of ether oxygens (including phenoxy) is 2. The number of carbonyl (C=O) groups excluding carboxylic acids is 1. The molecule has 4 rings (SSSR count). The summed E-state index contributed by atoms with van der Waals surface area (Å²) in [7, 11) is -5.09. The molecular formula is C33H49NO9Si2. The number of alkyl carbamates (subject to hydrolysis) is 1. The van der Waals surface area contributed by atoms with Gasteiger partial charge in [-0.25, -0.2) is 9.59 Å². The van der Waals surface area contributed by atoms with E-state index >= 15 is 0 Å². The number of benzene rings is 2. The minimum Gasteiger partial charge on any atom is -0.479 e. The average molecular weight is 660 g/mol. The molecule has 1 aliphatic carbocycles. The van der Waals surface area contributed by atoms with E-state index < -0.39 is 59.0 Å². The molecule has 5 atom stereocenters. The lowest BCUT2D eigenvalue weighted by molar-refractivity contribution is -0.323. The van der Waals surface area contributed by atoms with Gasteiger partial charge in [-0.3, -0.25) is 5.32 Å². The highest BCUT2D eigenvalue weighted by Gasteiger charge is 2.62. The fraction of sp³-hybridized carbons (Fsp3) is 0.576. The van der Waals surface area contributed by atoms with Crippen LogP contribution in [0.1, 0.15) is 58.6 Å². The molecule has 2 aliphatic rings. The molecule has 1 fully saturated rings. The van der Waals surface area contributed by atoms with Crippen LogP contribution in [0.25, 0.3) is 11.1 Å². The molecule has 1 heterocycles. The zero-order valence-electron chi connectivity index (χ0n) is 27.2. The second-order valence-corrected chi connectivity index (χ2v) is 21.6. The molecular weight excluding hydrogens is 611 g/mol. The zero-order valence-corrected chi connectivity index (χ0v) is 29.2. The Kier molecular flexibility index (Phi) is 11.3. The van der Waals surface area contributed by atoms with Gasteiger partial charge < -0.3 is 33.6 Å². The first-order valence-corrected chi connectivity index (χ1v) is 21.3. The normalized spacial score (nSPS) is 25.0. The van der Waals surface area contributed by atoms with Crippen molar-refractivity contribution in [3.63, 3.8) is 0 Å². The van der Waals surface area contributed by atoms with Gasteiger partial charge in [-0.05, 0) is 58.5 Å². The summed E-state index contributed by atoms with van der Waals surface area (Å²) in [6.07, 6.45) is -7.45. The van der Waals surface area contributed by atoms with Gasteiger partial charge in [0.05, 0.1) is 0 Å². The smallest absolute Gasteiger partial charge is 0.409 e. The van der Waals surface area contributed by atoms with Crippen molar-refractivity contribution in [2.75, 3.05) is 6.61 Å². The number of carbonyl (C=O) groups is 2. The number of aliphatic carboxylic acids is 1. The fourth-order valence-electron chi connectivity index (χ4n) is 6.84. The first-order chi connectivity index (χ1) is 21.5. The molecule has 0 aromatic heterocycles. The number of hydrogen-bond acceptors (Lipinski definition) is 8. The molecule has 2 aromatic carbocycles. The summed E-state index contributed by atoms with van der Waals surface area (Å²) in [6, 6.07) is 20.0. The standard InChI is InChI=1S/C33H49NO9Si2/c1-7-44(8-2,9-3)42-27-28(30(35)36)41-31(37)33(39,29(27)43-45(10-4,11-5)12-6)34-32(38)40-21-26-24-19-15-13-17-22(24)23-18-14-16-20-25(23)26/h13-20,26-29,31,37,39H,7-12,21H2,1-6H3,(H,34,38)(H,35,36)/t27-,28+,29+,31-,33-/m1/s1. The quantitative estimate of drug-likeness (QED) is 0.146. The van der Waals surface area contributed by atoms with E-state index in [2.05, 4.69) is 5.32 Å². The Labute approximate surface area is 268 Å². The van der Waals surface area contributed by atoms with Crippen molar-refractivity contribution >= 4 is 28.7 Å². The van der Waals surface area contributed by atoms with Crippen molar-refractivity contribution < 1.29 is 43.2 Å². The van der Waals surface area contributed by atoms with E-state index in [1.807, 2.05) is 90.1 Å². The number of carboxylic acids is 1. The SMILES string of the molecule is CC[Si](CC)(CC)O[C@@H]1[C@@H](C(=O)O)O[C@@H](O)[C@@](O)(NC(=O)OCC2c3ccccc3-c3ccccc32)[C@H]1O[Si](CC)(CC)CC. The number of fused-ring (bicyclic) bond motifs is 3. The van der Waals surface area contributed by atoms with Crippen molar-refractivity contribution in [1.82, 2.24) is 5.32 Å². The van der Waals surface area contributed by atoms with Crippen LogP contribution in [0.3, 0.4) is 0 Å². The summed E-state index contributed by atoms with van der Waals surface area (Å²) in [5.74, 6) is -1.57. The van der Waals surface area contributed by atoms with Crippen LogP contribution >= 0.6 is 0 Å². The predicted molar refractivity (Wildman–Crippen MR) is 176 cm³/mol. The van der Waals surface area contributed by atoms with Gasteiger partial charge in [-0.15, -0.1) is 0 Å². The Bertz CT molecular complexity index is 1270. The number of amides is 1. The lowest BCUT2D eigenvalue weighted by Crippen LogP contribution is -2.77. The summed E-state index contributed by atoms with van der Waals surface area (Å²) in [5, 5.41) is 36.0. The van der Waals surface area contributed by atoms with E-state index in [-0.39, 0.29) is 12.5 Å². The summed E-state index contributed by atoms with van der Waals surface area (Å²) in [6.45, 7) is 12.0. The van der Waals surface area contributed by atoms with Gasteiger partial charge in [-0.1, -0.05) is 90.1 Å². The number of carboxylic acid groups (broad SMARTS) is 1. The van der Waals surface area contributed by atoms with Crippen LogP contribution in [-0.4, -0.2) is 81.0 Å². The Morgan fingerprint density at radius 2 is 1.29 bits per heavy atom. The van der Waals surface area contributed by atoms with Crippen LogP contribution in [0, 0.1) is 0 Å². The molecule has 45 heavy (non-hydrogen) atoms. The van der Waals surface area contributed by atoms with Crippen molar-refractivity contribution in [2.45, 2.75) is 114 Å². The van der Waals surface area contributed by atoms with Crippen LogP contribution in [0.4, 0.5) is 4.79 Å². The largest absolute Gasteiger partial charge is 0.479 e. The predicted octanol–water partition coefficient (Wildman–Crippen LogP) is 5.80. The molecule has 4 N–H and O–H groups in total. The third-order valence-electron chi connectivity index (χ3n) is 10.2. The van der Waals surface area contributed by atoms with Gasteiger partial charge in [-0.2, -0.15) is 0 Å². The number of nitrogens with one attached hydrogen (secondary N) is 1. The van der Waals surface area contributed by atoms with Crippen molar-refractivity contribution in [2.24, 2.45) is 0 Å². The van der Waals surface area contributed by atoms with E-state index in [9.17, 15) is 24.9 Å². The molecule has 0 unspecified atom stereocenters. The summed E-state index contributed by atoms with van der Waals surface area (Å²) >= 11 is 0. The first kappa shape index (κ1) is 35.3. The molecule has 2 aromatic rings. The topological polar surface area (TPSA) is 144 Å². The minimum absolute atomic E-state index is 0.0226. The van der Waals surface area contributed by atoms with Gasteiger partial charge in [0, 0.05) is 5.92 Å². The van der Waals surface area contributed by atoms with Gasteiger partial charge in [0.2, 0.25) is 12.0 Å². The molecule has 0 bridgehead atoms. The molecule has 1 aliphatic heterocycles. The van der Waals surface area contributed by atoms with Crippen LogP contribution in [-0.2, 0) is 23.1 Å². The fourth-order valence-corrected chi connectivity index (χ4v) is 12.5. The molecule has 0 saturated carbocycles. The van der Waals surface area contributed by atoms with Crippen LogP contribution < -0.4 is 5.32 Å². The lowest BCUT2D eigenvalue weighted by atomic mass is 9.93. The second kappa shape index (κ2) is 14.5. The summed E-state index contributed by atoms with van der Waals surface area (Å²) in [5.41, 5.74) is 1.64.